The monoisotopic (exact) mass is 306 g/mol. The molecule has 0 aliphatic carbocycles. The van der Waals surface area contributed by atoms with Crippen molar-refractivity contribution in [2.24, 2.45) is 10.9 Å². The third-order valence-corrected chi connectivity index (χ3v) is 3.85. The van der Waals surface area contributed by atoms with Crippen LogP contribution in [-0.2, 0) is 9.59 Å². The lowest BCUT2D eigenvalue weighted by Gasteiger charge is -2.27. The maximum absolute atomic E-state index is 12.1. The van der Waals surface area contributed by atoms with Crippen LogP contribution in [0.25, 0.3) is 0 Å². The average molecular weight is 306 g/mol. The van der Waals surface area contributed by atoms with Crippen LogP contribution in [0, 0.1) is 5.92 Å². The van der Waals surface area contributed by atoms with Gasteiger partial charge in [-0.15, -0.1) is 6.58 Å². The lowest BCUT2D eigenvalue weighted by atomic mass is 10.1. The molecule has 2 rings (SSSR count). The van der Waals surface area contributed by atoms with Gasteiger partial charge < -0.3 is 4.90 Å². The minimum Gasteiger partial charge on any atom is -0.302 e. The van der Waals surface area contributed by atoms with Crippen LogP contribution < -0.4 is 5.32 Å². The zero-order chi connectivity index (χ0) is 15.9. The van der Waals surface area contributed by atoms with Gasteiger partial charge in [-0.1, -0.05) is 12.5 Å². The molecular formula is C15H22N4O3. The quantitative estimate of drug-likeness (QED) is 0.438. The second kappa shape index (κ2) is 7.84. The predicted molar refractivity (Wildman–Crippen MR) is 82.6 cm³/mol. The molecule has 2 aliphatic rings. The van der Waals surface area contributed by atoms with Gasteiger partial charge in [0, 0.05) is 19.3 Å². The summed E-state index contributed by atoms with van der Waals surface area (Å²) >= 11 is 0. The van der Waals surface area contributed by atoms with Crippen LogP contribution >= 0.6 is 0 Å². The molecule has 2 aliphatic heterocycles. The summed E-state index contributed by atoms with van der Waals surface area (Å²) in [6.07, 6.45) is 6.50. The molecule has 0 radical (unpaired) electrons. The Labute approximate surface area is 130 Å². The van der Waals surface area contributed by atoms with E-state index in [1.54, 1.807) is 0 Å². The number of aliphatic imine (C=N–C) groups is 1. The second-order valence-corrected chi connectivity index (χ2v) is 5.47. The Bertz CT molecular complexity index is 483. The summed E-state index contributed by atoms with van der Waals surface area (Å²) in [5.41, 5.74) is 0. The Kier molecular flexibility index (Phi) is 5.83. The number of nitrogens with one attached hydrogen (secondary N) is 1. The third kappa shape index (κ3) is 4.00. The Balaban J connectivity index is 1.87. The molecule has 0 saturated carbocycles. The molecule has 0 unspecified atom stereocenters. The van der Waals surface area contributed by atoms with Crippen molar-refractivity contribution in [3.63, 3.8) is 0 Å². The molecule has 4 amide bonds. The van der Waals surface area contributed by atoms with E-state index in [9.17, 15) is 14.4 Å². The number of amides is 4. The molecule has 0 spiro atoms. The summed E-state index contributed by atoms with van der Waals surface area (Å²) in [6.45, 7) is 7.12. The number of imide groups is 2. The standard InChI is InChI=1S/C15H22N4O3/c1-2-7-19-14(21)12(13(20)17-15(19)22)11-16-6-10-18-8-4-3-5-9-18/h2,11-12H,1,3-10H2,(H,17,20,22)/t12-/m0/s1. The van der Waals surface area contributed by atoms with Crippen LogP contribution in [0.4, 0.5) is 4.79 Å². The molecule has 1 atom stereocenters. The highest BCUT2D eigenvalue weighted by molar-refractivity contribution is 6.23. The molecule has 7 nitrogen and oxygen atoms in total. The maximum atomic E-state index is 12.1. The van der Waals surface area contributed by atoms with Crippen molar-refractivity contribution in [3.8, 4) is 0 Å². The second-order valence-electron chi connectivity index (χ2n) is 5.47. The van der Waals surface area contributed by atoms with Crippen LogP contribution in [-0.4, -0.2) is 66.6 Å². The summed E-state index contributed by atoms with van der Waals surface area (Å²) in [7, 11) is 0. The predicted octanol–water partition coefficient (Wildman–Crippen LogP) is 0.424. The van der Waals surface area contributed by atoms with Crippen molar-refractivity contribution in [3.05, 3.63) is 12.7 Å². The van der Waals surface area contributed by atoms with Gasteiger partial charge in [-0.3, -0.25) is 24.8 Å². The fraction of sp³-hybridized carbons (Fsp3) is 0.600. The minimum absolute atomic E-state index is 0.0794. The summed E-state index contributed by atoms with van der Waals surface area (Å²) in [5, 5.41) is 2.16. The normalized spacial score (nSPS) is 23.9. The lowest BCUT2D eigenvalue weighted by Crippen LogP contribution is -2.58. The van der Waals surface area contributed by atoms with Crippen molar-refractivity contribution >= 4 is 24.1 Å². The van der Waals surface area contributed by atoms with Crippen molar-refractivity contribution in [2.45, 2.75) is 19.3 Å². The molecule has 7 heteroatoms. The zero-order valence-corrected chi connectivity index (χ0v) is 12.7. The maximum Gasteiger partial charge on any atom is 0.331 e. The Morgan fingerprint density at radius 1 is 1.23 bits per heavy atom. The number of hydrogen-bond donors (Lipinski definition) is 1. The summed E-state index contributed by atoms with van der Waals surface area (Å²) in [6, 6.07) is -0.701. The molecule has 22 heavy (non-hydrogen) atoms. The van der Waals surface area contributed by atoms with Crippen LogP contribution in [0.2, 0.25) is 0 Å². The first-order valence-electron chi connectivity index (χ1n) is 7.63. The van der Waals surface area contributed by atoms with Gasteiger partial charge in [0.05, 0.1) is 6.54 Å². The van der Waals surface area contributed by atoms with Gasteiger partial charge in [-0.25, -0.2) is 4.79 Å². The first kappa shape index (κ1) is 16.4. The number of carbonyl (C=O) groups excluding carboxylic acids is 3. The van der Waals surface area contributed by atoms with Crippen molar-refractivity contribution in [2.75, 3.05) is 32.7 Å². The largest absolute Gasteiger partial charge is 0.331 e. The highest BCUT2D eigenvalue weighted by Crippen LogP contribution is 2.10. The smallest absolute Gasteiger partial charge is 0.302 e. The molecule has 2 saturated heterocycles. The van der Waals surface area contributed by atoms with Gasteiger partial charge in [0.15, 0.2) is 5.92 Å². The van der Waals surface area contributed by atoms with E-state index >= 15 is 0 Å². The van der Waals surface area contributed by atoms with Gasteiger partial charge in [0.25, 0.3) is 0 Å². The van der Waals surface area contributed by atoms with Crippen molar-refractivity contribution < 1.29 is 14.4 Å². The number of nitrogens with zero attached hydrogens (tertiary/aromatic N) is 3. The Morgan fingerprint density at radius 2 is 1.95 bits per heavy atom. The van der Waals surface area contributed by atoms with Crippen LogP contribution in [0.3, 0.4) is 0 Å². The van der Waals surface area contributed by atoms with E-state index in [1.165, 1.54) is 31.6 Å². The van der Waals surface area contributed by atoms with Gasteiger partial charge in [0.1, 0.15) is 0 Å². The van der Waals surface area contributed by atoms with Crippen molar-refractivity contribution in [1.82, 2.24) is 15.1 Å². The van der Waals surface area contributed by atoms with Crippen LogP contribution in [0.1, 0.15) is 19.3 Å². The summed E-state index contributed by atoms with van der Waals surface area (Å²) < 4.78 is 0. The molecule has 0 aromatic rings. The summed E-state index contributed by atoms with van der Waals surface area (Å²) in [4.78, 5) is 42.9. The Morgan fingerprint density at radius 3 is 2.64 bits per heavy atom. The van der Waals surface area contributed by atoms with E-state index in [-0.39, 0.29) is 6.54 Å². The van der Waals surface area contributed by atoms with Gasteiger partial charge in [-0.2, -0.15) is 0 Å². The minimum atomic E-state index is -1.03. The van der Waals surface area contributed by atoms with Crippen molar-refractivity contribution in [1.29, 1.82) is 0 Å². The molecule has 0 aromatic carbocycles. The first-order chi connectivity index (χ1) is 10.6. The van der Waals surface area contributed by atoms with E-state index < -0.39 is 23.8 Å². The Hall–Kier alpha value is -2.02. The highest BCUT2D eigenvalue weighted by Gasteiger charge is 2.38. The number of urea groups is 1. The van der Waals surface area contributed by atoms with Crippen LogP contribution in [0.15, 0.2) is 17.6 Å². The number of piperidine rings is 1. The van der Waals surface area contributed by atoms with Crippen LogP contribution in [0.5, 0.6) is 0 Å². The number of likely N-dealkylation sites (tertiary alicyclic amines) is 1. The molecule has 0 aromatic heterocycles. The lowest BCUT2D eigenvalue weighted by molar-refractivity contribution is -0.138. The van der Waals surface area contributed by atoms with E-state index in [1.807, 2.05) is 0 Å². The SMILES string of the molecule is C=CCN1C(=O)NC(=O)[C@H](C=NCCN2CCCCC2)C1=O. The fourth-order valence-electron chi connectivity index (χ4n) is 2.63. The molecule has 1 N–H and O–H groups in total. The van der Waals surface area contributed by atoms with E-state index in [0.29, 0.717) is 6.54 Å². The topological polar surface area (TPSA) is 82.1 Å². The van der Waals surface area contributed by atoms with Gasteiger partial charge in [0.2, 0.25) is 11.8 Å². The average Bonchev–Trinajstić information content (AvgIpc) is 2.51. The van der Waals surface area contributed by atoms with Gasteiger partial charge in [-0.05, 0) is 25.9 Å². The molecule has 120 valence electrons. The molecular weight excluding hydrogens is 284 g/mol. The fourth-order valence-corrected chi connectivity index (χ4v) is 2.63. The number of rotatable bonds is 6. The zero-order valence-electron chi connectivity index (χ0n) is 12.7. The highest BCUT2D eigenvalue weighted by atomic mass is 16.2. The third-order valence-electron chi connectivity index (χ3n) is 3.85. The molecule has 0 bridgehead atoms. The van der Waals surface area contributed by atoms with E-state index in [4.69, 9.17) is 0 Å². The summed E-state index contributed by atoms with van der Waals surface area (Å²) in [5.74, 6) is -2.19. The number of barbiturate groups is 1. The van der Waals surface area contributed by atoms with Gasteiger partial charge >= 0.3 is 6.03 Å². The molecule has 2 heterocycles. The van der Waals surface area contributed by atoms with E-state index in [2.05, 4.69) is 21.8 Å². The van der Waals surface area contributed by atoms with E-state index in [0.717, 1.165) is 24.5 Å². The number of hydrogen-bond acceptors (Lipinski definition) is 5. The first-order valence-corrected chi connectivity index (χ1v) is 7.63. The number of carbonyl (C=O) groups is 3. The molecule has 2 fully saturated rings.